The number of hydrazone groups is 2. The standard InChI is InChI=1S/C44H35N13O11S3.3Na/c45-24-3-12-35(33(47)17-24)54-51-28-5-1-22-15-39(70(63,64)65)41(43(58)31(22)19-28)56-50-27-9-7-26(8-10-27)49-37-14-11-30(21-38(37)69(60,61)62)53-57-42-40(71(66,67)68)16-23-2-6-29(20-32(23)44(42)59)52-55-36-13-4-25(46)18-34(36)48;;;/h1-21,49-50,53H,45-48H2,(H,60,61,62)(H,63,64,65)(H,66,67,68);;;/q;3*+1/p-3/b54-51?,55-52?,56-41-,57-42-;;;. The van der Waals surface area contributed by atoms with Crippen molar-refractivity contribution < 1.29 is 137 Å². The molecule has 0 aliphatic heterocycles. The number of carbonyl (C=O) groups is 2. The molecule has 0 radical (unpaired) electrons. The Hall–Kier alpha value is -5.99. The van der Waals surface area contributed by atoms with E-state index >= 15 is 0 Å². The zero-order valence-corrected chi connectivity index (χ0v) is 47.3. The number of hydrogen-bond acceptors (Lipinski definition) is 24. The van der Waals surface area contributed by atoms with Crippen molar-refractivity contribution >= 4 is 134 Å². The molecule has 30 heteroatoms. The Morgan fingerprint density at radius 2 is 0.865 bits per heavy atom. The van der Waals surface area contributed by atoms with Crippen LogP contribution < -0.4 is 128 Å². The normalized spacial score (nSPS) is 14.5. The molecule has 0 aromatic heterocycles. The summed E-state index contributed by atoms with van der Waals surface area (Å²) in [6.07, 6.45) is 1.92. The van der Waals surface area contributed by atoms with Crippen molar-refractivity contribution in [2.45, 2.75) is 4.90 Å². The summed E-state index contributed by atoms with van der Waals surface area (Å²) < 4.78 is 111. The zero-order chi connectivity index (χ0) is 51.0. The SMILES string of the molecule is Nc1ccc(N=Nc2ccc3c(c2)C(=O)/C(=N\Nc2ccc(Nc4ccc(N/N=C5\C(=O)c6cc(N=Nc7ccc(N)cc7N)ccc6C=C5S(=O)(=O)[O-])cc4S(=O)(=O)[O-])cc2)C(S(=O)(=O)[O-])=C3)c(N)c1.[Na+].[Na+].[Na+]. The maximum absolute atomic E-state index is 13.7. The van der Waals surface area contributed by atoms with Crippen LogP contribution in [-0.4, -0.2) is 61.9 Å². The fourth-order valence-corrected chi connectivity index (χ4v) is 8.78. The second-order valence-corrected chi connectivity index (χ2v) is 19.2. The summed E-state index contributed by atoms with van der Waals surface area (Å²) >= 11 is 0. The predicted octanol–water partition coefficient (Wildman–Crippen LogP) is -2.39. The van der Waals surface area contributed by atoms with Gasteiger partial charge in [-0.15, -0.1) is 10.2 Å². The number of ketones is 2. The monoisotopic (exact) mass is 1080 g/mol. The Labute approximate surface area is 487 Å². The number of anilines is 8. The van der Waals surface area contributed by atoms with Gasteiger partial charge in [0.15, 0.2) is 0 Å². The van der Waals surface area contributed by atoms with Gasteiger partial charge in [0.25, 0.3) is 0 Å². The average Bonchev–Trinajstić information content (AvgIpc) is 3.30. The van der Waals surface area contributed by atoms with Crippen LogP contribution in [0.1, 0.15) is 31.8 Å². The van der Waals surface area contributed by atoms with Crippen molar-refractivity contribution in [1.82, 2.24) is 0 Å². The van der Waals surface area contributed by atoms with Gasteiger partial charge in [0.2, 0.25) is 11.6 Å². The number of carbonyl (C=O) groups excluding carboxylic acids is 2. The molecule has 0 bridgehead atoms. The van der Waals surface area contributed by atoms with Crippen LogP contribution in [0, 0.1) is 0 Å². The molecule has 0 spiro atoms. The van der Waals surface area contributed by atoms with Crippen LogP contribution >= 0.6 is 0 Å². The smallest absolute Gasteiger partial charge is 0.744 e. The molecule has 11 N–H and O–H groups in total. The van der Waals surface area contributed by atoms with Gasteiger partial charge in [-0.05, 0) is 126 Å². The average molecular weight is 1080 g/mol. The van der Waals surface area contributed by atoms with E-state index in [-0.39, 0.29) is 162 Å². The van der Waals surface area contributed by atoms with Crippen molar-refractivity contribution in [3.63, 3.8) is 0 Å². The molecule has 0 fully saturated rings. The molecule has 0 atom stereocenters. The summed E-state index contributed by atoms with van der Waals surface area (Å²) in [6.45, 7) is 0. The molecule has 0 saturated carbocycles. The van der Waals surface area contributed by atoms with Gasteiger partial charge in [0, 0.05) is 28.2 Å². The van der Waals surface area contributed by atoms with E-state index in [1.807, 2.05) is 0 Å². The first-order valence-electron chi connectivity index (χ1n) is 20.0. The molecule has 8 rings (SSSR count). The molecule has 0 saturated heterocycles. The zero-order valence-electron chi connectivity index (χ0n) is 38.8. The third-order valence-electron chi connectivity index (χ3n) is 10.2. The molecule has 6 aromatic rings. The molecule has 2 aliphatic rings. The predicted molar refractivity (Wildman–Crippen MR) is 262 cm³/mol. The van der Waals surface area contributed by atoms with E-state index in [0.29, 0.717) is 17.1 Å². The molecule has 2 aliphatic carbocycles. The number of nitrogens with zero attached hydrogens (tertiary/aromatic N) is 6. The number of fused-ring (bicyclic) bond motifs is 2. The topological polar surface area (TPSA) is 420 Å². The van der Waals surface area contributed by atoms with Gasteiger partial charge in [-0.3, -0.25) is 20.4 Å². The van der Waals surface area contributed by atoms with Crippen LogP contribution in [0.25, 0.3) is 12.2 Å². The number of azo groups is 2. The van der Waals surface area contributed by atoms with Crippen molar-refractivity contribution in [3.8, 4) is 0 Å². The summed E-state index contributed by atoms with van der Waals surface area (Å²) in [6, 6.07) is 26.0. The van der Waals surface area contributed by atoms with Crippen molar-refractivity contribution in [3.05, 3.63) is 147 Å². The number of Topliss-reactive ketones (excluding diaryl/α,β-unsaturated/α-hetero) is 2. The third-order valence-corrected chi connectivity index (χ3v) is 12.8. The maximum atomic E-state index is 13.7. The molecule has 0 unspecified atom stereocenters. The quantitative estimate of drug-likeness (QED) is 0.0208. The van der Waals surface area contributed by atoms with E-state index in [2.05, 4.69) is 46.8 Å². The van der Waals surface area contributed by atoms with Crippen LogP contribution in [0.5, 0.6) is 0 Å². The van der Waals surface area contributed by atoms with E-state index in [0.717, 1.165) is 24.3 Å². The number of benzene rings is 6. The number of nitrogens with two attached hydrogens (primary N) is 4. The minimum Gasteiger partial charge on any atom is -0.744 e. The van der Waals surface area contributed by atoms with Crippen LogP contribution in [0.15, 0.2) is 161 Å². The van der Waals surface area contributed by atoms with Crippen LogP contribution in [-0.2, 0) is 30.4 Å². The van der Waals surface area contributed by atoms with E-state index in [4.69, 9.17) is 22.9 Å². The summed E-state index contributed by atoms with van der Waals surface area (Å²) in [7, 11) is -15.8. The third kappa shape index (κ3) is 13.6. The van der Waals surface area contributed by atoms with Crippen molar-refractivity contribution in [2.75, 3.05) is 39.1 Å². The molecular weight excluding hydrogens is 1050 g/mol. The number of hydrogen-bond donors (Lipinski definition) is 7. The fraction of sp³-hybridized carbons (Fsp3) is 0. The second-order valence-electron chi connectivity index (χ2n) is 15.2. The first kappa shape index (κ1) is 58.9. The van der Waals surface area contributed by atoms with Crippen LogP contribution in [0.3, 0.4) is 0 Å². The molecule has 6 aromatic carbocycles. The molecule has 360 valence electrons. The van der Waals surface area contributed by atoms with E-state index < -0.39 is 68.0 Å². The Kier molecular flexibility index (Phi) is 18.9. The van der Waals surface area contributed by atoms with Gasteiger partial charge in [-0.25, -0.2) is 25.3 Å². The van der Waals surface area contributed by atoms with Gasteiger partial charge in [-0.1, -0.05) is 12.1 Å². The fourth-order valence-electron chi connectivity index (χ4n) is 6.83. The van der Waals surface area contributed by atoms with Gasteiger partial charge in [-0.2, -0.15) is 20.4 Å². The maximum Gasteiger partial charge on any atom is 1.00 e. The van der Waals surface area contributed by atoms with Gasteiger partial charge in [0.1, 0.15) is 53.2 Å². The van der Waals surface area contributed by atoms with Gasteiger partial charge in [0.05, 0.1) is 54.5 Å². The number of nitrogens with one attached hydrogen (secondary N) is 3. The summed E-state index contributed by atoms with van der Waals surface area (Å²) in [5.41, 5.74) is 28.6. The molecule has 24 nitrogen and oxygen atoms in total. The molecular formula is C44H32N13Na3O11S3. The number of nitrogen functional groups attached to an aromatic ring is 4. The first-order valence-corrected chi connectivity index (χ1v) is 24.3. The Balaban J connectivity index is 0.00000338. The molecule has 0 heterocycles. The van der Waals surface area contributed by atoms with Crippen LogP contribution in [0.2, 0.25) is 0 Å². The minimum absolute atomic E-state index is 0. The summed E-state index contributed by atoms with van der Waals surface area (Å²) in [5.74, 6) is -1.95. The summed E-state index contributed by atoms with van der Waals surface area (Å²) in [5, 5.41) is 26.9. The van der Waals surface area contributed by atoms with E-state index in [9.17, 15) is 48.5 Å². The van der Waals surface area contributed by atoms with Gasteiger partial charge < -0.3 is 41.9 Å². The Morgan fingerprint density at radius 1 is 0.446 bits per heavy atom. The van der Waals surface area contributed by atoms with E-state index in [1.54, 1.807) is 12.1 Å². The van der Waals surface area contributed by atoms with Gasteiger partial charge >= 0.3 is 88.7 Å². The van der Waals surface area contributed by atoms with Crippen LogP contribution in [0.4, 0.5) is 68.2 Å². The molecule has 0 amide bonds. The molecule has 74 heavy (non-hydrogen) atoms. The van der Waals surface area contributed by atoms with Crippen molar-refractivity contribution in [1.29, 1.82) is 0 Å². The largest absolute Gasteiger partial charge is 1.00 e. The van der Waals surface area contributed by atoms with E-state index in [1.165, 1.54) is 91.0 Å². The Bertz CT molecular complexity index is 3820. The minimum atomic E-state index is -5.32. The summed E-state index contributed by atoms with van der Waals surface area (Å²) in [4.78, 5) is 24.6. The van der Waals surface area contributed by atoms with Crippen molar-refractivity contribution in [2.24, 2.45) is 30.7 Å². The first-order chi connectivity index (χ1) is 33.5. The number of allylic oxidation sites excluding steroid dienone is 2. The Morgan fingerprint density at radius 3 is 1.28 bits per heavy atom. The second kappa shape index (κ2) is 23.7. The number of rotatable bonds is 13.